The summed E-state index contributed by atoms with van der Waals surface area (Å²) in [6.07, 6.45) is 0.692. The Balaban J connectivity index is 1.63. The van der Waals surface area contributed by atoms with Gasteiger partial charge in [-0.1, -0.05) is 17.7 Å². The van der Waals surface area contributed by atoms with Gasteiger partial charge in [-0.3, -0.25) is 4.79 Å². The maximum Gasteiger partial charge on any atom is 0.338 e. The lowest BCUT2D eigenvalue weighted by atomic mass is 9.91. The van der Waals surface area contributed by atoms with Crippen LogP contribution in [-0.2, 0) is 11.2 Å². The number of fused-ring (bicyclic) bond motifs is 1. The number of carbonyl (C=O) groups is 2. The van der Waals surface area contributed by atoms with Crippen LogP contribution >= 0.6 is 0 Å². The predicted molar refractivity (Wildman–Crippen MR) is 136 cm³/mol. The van der Waals surface area contributed by atoms with Crippen molar-refractivity contribution in [2.75, 3.05) is 34.0 Å². The molecule has 188 valence electrons. The first-order chi connectivity index (χ1) is 17.4. The van der Waals surface area contributed by atoms with Gasteiger partial charge in [0.2, 0.25) is 0 Å². The molecule has 1 atom stereocenters. The molecule has 3 aromatic rings. The molecule has 1 aliphatic rings. The van der Waals surface area contributed by atoms with E-state index in [0.29, 0.717) is 47.9 Å². The number of methoxy groups -OCH3 is 2. The van der Waals surface area contributed by atoms with Crippen LogP contribution in [0.4, 0.5) is 0 Å². The second-order valence-corrected chi connectivity index (χ2v) is 8.59. The lowest BCUT2D eigenvalue weighted by Crippen LogP contribution is -2.42. The molecule has 0 fully saturated rings. The number of carbonyl (C=O) groups excluding carboxylic acids is 2. The second kappa shape index (κ2) is 11.2. The molecule has 4 rings (SSSR count). The average Bonchev–Trinajstić information content (AvgIpc) is 2.91. The molecule has 1 heterocycles. The third-order valence-corrected chi connectivity index (χ3v) is 6.34. The number of benzene rings is 3. The Morgan fingerprint density at radius 1 is 0.917 bits per heavy atom. The molecule has 36 heavy (non-hydrogen) atoms. The molecule has 1 aliphatic heterocycles. The summed E-state index contributed by atoms with van der Waals surface area (Å²) in [7, 11) is 3.21. The number of hydrogen-bond donors (Lipinski definition) is 0. The molecular weight excluding hydrogens is 458 g/mol. The maximum absolute atomic E-state index is 13.6. The van der Waals surface area contributed by atoms with Gasteiger partial charge in [0, 0.05) is 12.1 Å². The van der Waals surface area contributed by atoms with Crippen molar-refractivity contribution in [1.29, 1.82) is 0 Å². The molecule has 7 nitrogen and oxygen atoms in total. The molecule has 7 heteroatoms. The number of hydrogen-bond acceptors (Lipinski definition) is 6. The van der Waals surface area contributed by atoms with Gasteiger partial charge in [0.05, 0.1) is 32.4 Å². The Hall–Kier alpha value is -4.00. The molecule has 1 unspecified atom stereocenters. The Kier molecular flexibility index (Phi) is 7.78. The van der Waals surface area contributed by atoms with E-state index in [9.17, 15) is 9.59 Å². The van der Waals surface area contributed by atoms with Crippen LogP contribution in [0.1, 0.15) is 50.4 Å². The van der Waals surface area contributed by atoms with Crippen molar-refractivity contribution in [2.24, 2.45) is 0 Å². The van der Waals surface area contributed by atoms with Crippen molar-refractivity contribution in [2.45, 2.75) is 26.3 Å². The predicted octanol–water partition coefficient (Wildman–Crippen LogP) is 5.01. The number of esters is 1. The van der Waals surface area contributed by atoms with Crippen molar-refractivity contribution < 1.29 is 28.5 Å². The molecule has 0 aliphatic carbocycles. The molecule has 0 radical (unpaired) electrons. The van der Waals surface area contributed by atoms with Crippen molar-refractivity contribution in [1.82, 2.24) is 4.90 Å². The van der Waals surface area contributed by atoms with Gasteiger partial charge < -0.3 is 23.8 Å². The van der Waals surface area contributed by atoms with Gasteiger partial charge in [0.25, 0.3) is 5.91 Å². The van der Waals surface area contributed by atoms with Crippen LogP contribution in [-0.4, -0.2) is 50.8 Å². The van der Waals surface area contributed by atoms with E-state index in [1.165, 1.54) is 0 Å². The van der Waals surface area contributed by atoms with Crippen molar-refractivity contribution in [3.8, 4) is 17.2 Å². The average molecular weight is 490 g/mol. The highest BCUT2D eigenvalue weighted by atomic mass is 16.5. The van der Waals surface area contributed by atoms with Crippen molar-refractivity contribution >= 4 is 11.9 Å². The molecule has 0 aromatic heterocycles. The fraction of sp³-hybridized carbons (Fsp3) is 0.310. The quantitative estimate of drug-likeness (QED) is 0.414. The molecular formula is C29H31NO6. The van der Waals surface area contributed by atoms with E-state index < -0.39 is 0 Å². The van der Waals surface area contributed by atoms with Gasteiger partial charge in [0.1, 0.15) is 12.4 Å². The highest BCUT2D eigenvalue weighted by Crippen LogP contribution is 2.39. The molecule has 1 amide bonds. The molecule has 0 bridgehead atoms. The standard InChI is InChI=1S/C29H31NO6/c1-5-35-29(32)21-10-12-23(13-11-21)36-18-25-24-17-27(34-4)26(33-3)16-22(24)14-15-30(25)28(31)20-8-6-19(2)7-9-20/h6-13,16-17,25H,5,14-15,18H2,1-4H3. The summed E-state index contributed by atoms with van der Waals surface area (Å²) in [5, 5.41) is 0. The Bertz CT molecular complexity index is 1220. The topological polar surface area (TPSA) is 74.3 Å². The fourth-order valence-electron chi connectivity index (χ4n) is 4.39. The van der Waals surface area contributed by atoms with Crippen LogP contribution in [0.15, 0.2) is 60.7 Å². The van der Waals surface area contributed by atoms with Crippen LogP contribution in [0, 0.1) is 6.92 Å². The van der Waals surface area contributed by atoms with Gasteiger partial charge in [0.15, 0.2) is 11.5 Å². The first-order valence-corrected chi connectivity index (χ1v) is 12.0. The summed E-state index contributed by atoms with van der Waals surface area (Å²) in [5.74, 6) is 1.43. The Morgan fingerprint density at radius 3 is 2.19 bits per heavy atom. The van der Waals surface area contributed by atoms with Crippen LogP contribution in [0.2, 0.25) is 0 Å². The zero-order chi connectivity index (χ0) is 25.7. The largest absolute Gasteiger partial charge is 0.493 e. The number of aryl methyl sites for hydroxylation is 1. The van der Waals surface area contributed by atoms with E-state index in [1.54, 1.807) is 45.4 Å². The number of nitrogens with zero attached hydrogens (tertiary/aromatic N) is 1. The van der Waals surface area contributed by atoms with E-state index in [0.717, 1.165) is 16.7 Å². The monoisotopic (exact) mass is 489 g/mol. The smallest absolute Gasteiger partial charge is 0.338 e. The fourth-order valence-corrected chi connectivity index (χ4v) is 4.39. The maximum atomic E-state index is 13.6. The third kappa shape index (κ3) is 5.30. The van der Waals surface area contributed by atoms with Gasteiger partial charge in [-0.25, -0.2) is 4.79 Å². The lowest BCUT2D eigenvalue weighted by Gasteiger charge is -2.37. The summed E-state index contributed by atoms with van der Waals surface area (Å²) >= 11 is 0. The summed E-state index contributed by atoms with van der Waals surface area (Å²) in [6.45, 7) is 4.86. The second-order valence-electron chi connectivity index (χ2n) is 8.59. The van der Waals surface area contributed by atoms with E-state index in [-0.39, 0.29) is 24.5 Å². The molecule has 0 N–H and O–H groups in total. The van der Waals surface area contributed by atoms with Crippen molar-refractivity contribution in [3.63, 3.8) is 0 Å². The Labute approximate surface area is 211 Å². The van der Waals surface area contributed by atoms with Crippen LogP contribution in [0.5, 0.6) is 17.2 Å². The van der Waals surface area contributed by atoms with Gasteiger partial charge in [-0.15, -0.1) is 0 Å². The van der Waals surface area contributed by atoms with E-state index in [4.69, 9.17) is 18.9 Å². The number of amides is 1. The number of rotatable bonds is 8. The van der Waals surface area contributed by atoms with E-state index in [1.807, 2.05) is 48.2 Å². The normalized spacial score (nSPS) is 14.6. The SMILES string of the molecule is CCOC(=O)c1ccc(OCC2c3cc(OC)c(OC)cc3CCN2C(=O)c2ccc(C)cc2)cc1. The highest BCUT2D eigenvalue weighted by molar-refractivity contribution is 5.94. The summed E-state index contributed by atoms with van der Waals surface area (Å²) in [5.41, 5.74) is 4.24. The summed E-state index contributed by atoms with van der Waals surface area (Å²) in [6, 6.07) is 18.0. The Morgan fingerprint density at radius 2 is 1.56 bits per heavy atom. The van der Waals surface area contributed by atoms with Gasteiger partial charge in [-0.05, 0) is 79.9 Å². The molecule has 3 aromatic carbocycles. The summed E-state index contributed by atoms with van der Waals surface area (Å²) < 4.78 is 22.2. The minimum atomic E-state index is -0.374. The van der Waals surface area contributed by atoms with E-state index in [2.05, 4.69) is 0 Å². The van der Waals surface area contributed by atoms with Crippen molar-refractivity contribution in [3.05, 3.63) is 88.5 Å². The minimum absolute atomic E-state index is 0.0540. The zero-order valence-corrected chi connectivity index (χ0v) is 21.1. The minimum Gasteiger partial charge on any atom is -0.493 e. The van der Waals surface area contributed by atoms with Gasteiger partial charge >= 0.3 is 5.97 Å². The number of ether oxygens (including phenoxy) is 4. The third-order valence-electron chi connectivity index (χ3n) is 6.34. The lowest BCUT2D eigenvalue weighted by molar-refractivity contribution is 0.0524. The van der Waals surface area contributed by atoms with E-state index >= 15 is 0 Å². The highest BCUT2D eigenvalue weighted by Gasteiger charge is 2.33. The summed E-state index contributed by atoms with van der Waals surface area (Å²) in [4.78, 5) is 27.4. The van der Waals surface area contributed by atoms with Crippen LogP contribution in [0.25, 0.3) is 0 Å². The molecule has 0 spiro atoms. The molecule has 0 saturated heterocycles. The first-order valence-electron chi connectivity index (χ1n) is 12.0. The van der Waals surface area contributed by atoms with Gasteiger partial charge in [-0.2, -0.15) is 0 Å². The van der Waals surface area contributed by atoms with Crippen LogP contribution < -0.4 is 14.2 Å². The first kappa shape index (κ1) is 25.1. The molecule has 0 saturated carbocycles. The van der Waals surface area contributed by atoms with Crippen LogP contribution in [0.3, 0.4) is 0 Å². The zero-order valence-electron chi connectivity index (χ0n) is 21.1.